The first-order valence-electron chi connectivity index (χ1n) is 5.29. The third-order valence-corrected chi connectivity index (χ3v) is 3.46. The van der Waals surface area contributed by atoms with Crippen molar-refractivity contribution in [2.75, 3.05) is 36.5 Å². The SMILES string of the molecule is O=C(O)Nc1ccc(N2CCOCC2)cc1I. The molecule has 0 spiro atoms. The molecule has 5 nitrogen and oxygen atoms in total. The van der Waals surface area contributed by atoms with Crippen molar-refractivity contribution in [1.82, 2.24) is 0 Å². The molecule has 0 atom stereocenters. The molecule has 0 saturated carbocycles. The van der Waals surface area contributed by atoms with E-state index in [0.29, 0.717) is 5.69 Å². The molecule has 2 N–H and O–H groups in total. The second-order valence-corrected chi connectivity index (χ2v) is 4.86. The van der Waals surface area contributed by atoms with Gasteiger partial charge in [0.2, 0.25) is 0 Å². The average Bonchev–Trinajstić information content (AvgIpc) is 2.32. The van der Waals surface area contributed by atoms with Crippen molar-refractivity contribution in [3.05, 3.63) is 21.8 Å². The van der Waals surface area contributed by atoms with Crippen molar-refractivity contribution in [3.8, 4) is 0 Å². The van der Waals surface area contributed by atoms with Gasteiger partial charge in [-0.2, -0.15) is 0 Å². The lowest BCUT2D eigenvalue weighted by Crippen LogP contribution is -2.36. The van der Waals surface area contributed by atoms with Gasteiger partial charge in [0, 0.05) is 22.3 Å². The van der Waals surface area contributed by atoms with Crippen molar-refractivity contribution >= 4 is 40.1 Å². The molecule has 0 radical (unpaired) electrons. The molecule has 6 heteroatoms. The van der Waals surface area contributed by atoms with Gasteiger partial charge in [-0.3, -0.25) is 5.32 Å². The Kier molecular flexibility index (Phi) is 4.06. The molecule has 0 aromatic heterocycles. The Hall–Kier alpha value is -1.02. The maximum atomic E-state index is 10.6. The highest BCUT2D eigenvalue weighted by molar-refractivity contribution is 14.1. The van der Waals surface area contributed by atoms with Gasteiger partial charge in [0.15, 0.2) is 0 Å². The van der Waals surface area contributed by atoms with Gasteiger partial charge >= 0.3 is 6.09 Å². The van der Waals surface area contributed by atoms with Gasteiger partial charge in [0.05, 0.1) is 18.9 Å². The fourth-order valence-corrected chi connectivity index (χ4v) is 2.37. The fraction of sp³-hybridized carbons (Fsp3) is 0.364. The third kappa shape index (κ3) is 3.22. The van der Waals surface area contributed by atoms with E-state index in [2.05, 4.69) is 32.8 Å². The number of benzene rings is 1. The summed E-state index contributed by atoms with van der Waals surface area (Å²) in [6.45, 7) is 3.24. The van der Waals surface area contributed by atoms with Crippen LogP contribution < -0.4 is 10.2 Å². The molecule has 1 aromatic rings. The number of carbonyl (C=O) groups is 1. The van der Waals surface area contributed by atoms with E-state index in [1.54, 1.807) is 6.07 Å². The highest BCUT2D eigenvalue weighted by Gasteiger charge is 2.12. The topological polar surface area (TPSA) is 61.8 Å². The zero-order chi connectivity index (χ0) is 12.3. The highest BCUT2D eigenvalue weighted by atomic mass is 127. The molecule has 0 aliphatic carbocycles. The normalized spacial score (nSPS) is 15.7. The Morgan fingerprint density at radius 3 is 2.71 bits per heavy atom. The Labute approximate surface area is 113 Å². The highest BCUT2D eigenvalue weighted by Crippen LogP contribution is 2.25. The number of ether oxygens (including phenoxy) is 1. The quantitative estimate of drug-likeness (QED) is 0.805. The minimum Gasteiger partial charge on any atom is -0.465 e. The molecule has 1 heterocycles. The number of nitrogens with one attached hydrogen (secondary N) is 1. The Morgan fingerprint density at radius 1 is 1.41 bits per heavy atom. The number of hydrogen-bond donors (Lipinski definition) is 2. The average molecular weight is 348 g/mol. The van der Waals surface area contributed by atoms with Crippen molar-refractivity contribution in [1.29, 1.82) is 0 Å². The molecule has 1 amide bonds. The van der Waals surface area contributed by atoms with Gasteiger partial charge in [0.25, 0.3) is 0 Å². The summed E-state index contributed by atoms with van der Waals surface area (Å²) in [5, 5.41) is 11.0. The number of nitrogens with zero attached hydrogens (tertiary/aromatic N) is 1. The number of carboxylic acid groups (broad SMARTS) is 1. The third-order valence-electron chi connectivity index (χ3n) is 2.57. The van der Waals surface area contributed by atoms with Crippen LogP contribution in [0.2, 0.25) is 0 Å². The summed E-state index contributed by atoms with van der Waals surface area (Å²) in [4.78, 5) is 12.8. The second-order valence-electron chi connectivity index (χ2n) is 3.69. The summed E-state index contributed by atoms with van der Waals surface area (Å²) in [6.07, 6.45) is -1.04. The van der Waals surface area contributed by atoms with Gasteiger partial charge in [-0.25, -0.2) is 4.79 Å². The smallest absolute Gasteiger partial charge is 0.409 e. The van der Waals surface area contributed by atoms with Crippen molar-refractivity contribution < 1.29 is 14.6 Å². The molecule has 1 fully saturated rings. The molecule has 0 bridgehead atoms. The first-order valence-corrected chi connectivity index (χ1v) is 6.37. The van der Waals surface area contributed by atoms with Crippen LogP contribution >= 0.6 is 22.6 Å². The monoisotopic (exact) mass is 348 g/mol. The summed E-state index contributed by atoms with van der Waals surface area (Å²) in [6, 6.07) is 5.70. The maximum absolute atomic E-state index is 10.6. The van der Waals surface area contributed by atoms with Crippen LogP contribution in [-0.2, 0) is 4.74 Å². The summed E-state index contributed by atoms with van der Waals surface area (Å²) in [7, 11) is 0. The summed E-state index contributed by atoms with van der Waals surface area (Å²) in [5.74, 6) is 0. The van der Waals surface area contributed by atoms with Gasteiger partial charge < -0.3 is 14.7 Å². The van der Waals surface area contributed by atoms with Gasteiger partial charge in [-0.1, -0.05) is 0 Å². The van der Waals surface area contributed by atoms with Crippen LogP contribution in [0.3, 0.4) is 0 Å². The van der Waals surface area contributed by atoms with Crippen molar-refractivity contribution in [2.45, 2.75) is 0 Å². The standard InChI is InChI=1S/C11H13IN2O3/c12-9-7-8(14-3-5-17-6-4-14)1-2-10(9)13-11(15)16/h1-2,7,13H,3-6H2,(H,15,16). The first kappa shape index (κ1) is 12.4. The van der Waals surface area contributed by atoms with Crippen LogP contribution in [0.1, 0.15) is 0 Å². The van der Waals surface area contributed by atoms with Crippen LogP contribution in [0.5, 0.6) is 0 Å². The van der Waals surface area contributed by atoms with Crippen molar-refractivity contribution in [3.63, 3.8) is 0 Å². The predicted octanol–water partition coefficient (Wildman–Crippen LogP) is 2.22. The molecule has 92 valence electrons. The lowest BCUT2D eigenvalue weighted by atomic mass is 10.2. The number of anilines is 2. The summed E-state index contributed by atoms with van der Waals surface area (Å²) in [5.41, 5.74) is 1.73. The molecule has 1 saturated heterocycles. The first-order chi connectivity index (χ1) is 8.16. The van der Waals surface area contributed by atoms with E-state index >= 15 is 0 Å². The van der Waals surface area contributed by atoms with Gasteiger partial charge in [0.1, 0.15) is 0 Å². The van der Waals surface area contributed by atoms with Crippen molar-refractivity contribution in [2.24, 2.45) is 0 Å². The fourth-order valence-electron chi connectivity index (χ4n) is 1.74. The minimum absolute atomic E-state index is 0.620. The minimum atomic E-state index is -1.04. The van der Waals surface area contributed by atoms with E-state index in [1.807, 2.05) is 12.1 Å². The second kappa shape index (κ2) is 5.54. The Bertz CT molecular complexity index is 419. The van der Waals surface area contributed by atoms with Crippen LogP contribution in [0.15, 0.2) is 18.2 Å². The molecular formula is C11H13IN2O3. The number of amides is 1. The van der Waals surface area contributed by atoms with E-state index in [0.717, 1.165) is 35.6 Å². The zero-order valence-corrected chi connectivity index (χ0v) is 11.3. The molecule has 17 heavy (non-hydrogen) atoms. The number of rotatable bonds is 2. The maximum Gasteiger partial charge on any atom is 0.409 e. The lowest BCUT2D eigenvalue weighted by molar-refractivity contribution is 0.122. The van der Waals surface area contributed by atoms with E-state index in [1.165, 1.54) is 0 Å². The molecule has 2 rings (SSSR count). The van der Waals surface area contributed by atoms with Crippen LogP contribution in [0.4, 0.5) is 16.2 Å². The number of hydrogen-bond acceptors (Lipinski definition) is 3. The number of halogens is 1. The van der Waals surface area contributed by atoms with Crippen LogP contribution in [0.25, 0.3) is 0 Å². The Balaban J connectivity index is 2.14. The van der Waals surface area contributed by atoms with Gasteiger partial charge in [-0.05, 0) is 40.8 Å². The molecular weight excluding hydrogens is 335 g/mol. The van der Waals surface area contributed by atoms with E-state index < -0.39 is 6.09 Å². The Morgan fingerprint density at radius 2 is 2.12 bits per heavy atom. The lowest BCUT2D eigenvalue weighted by Gasteiger charge is -2.29. The zero-order valence-electron chi connectivity index (χ0n) is 9.15. The van der Waals surface area contributed by atoms with E-state index in [4.69, 9.17) is 9.84 Å². The molecule has 1 aromatic carbocycles. The van der Waals surface area contributed by atoms with E-state index in [9.17, 15) is 4.79 Å². The van der Waals surface area contributed by atoms with Gasteiger partial charge in [-0.15, -0.1) is 0 Å². The summed E-state index contributed by atoms with van der Waals surface area (Å²) >= 11 is 2.13. The molecule has 1 aliphatic rings. The van der Waals surface area contributed by atoms with Crippen LogP contribution in [0, 0.1) is 3.57 Å². The largest absolute Gasteiger partial charge is 0.465 e. The molecule has 0 unspecified atom stereocenters. The summed E-state index contributed by atoms with van der Waals surface area (Å²) < 4.78 is 6.19. The van der Waals surface area contributed by atoms with E-state index in [-0.39, 0.29) is 0 Å². The van der Waals surface area contributed by atoms with Crippen LogP contribution in [-0.4, -0.2) is 37.5 Å². The number of morpholine rings is 1. The predicted molar refractivity (Wildman–Crippen MR) is 73.8 cm³/mol. The molecule has 1 aliphatic heterocycles.